The second-order valence-electron chi connectivity index (χ2n) is 5.50. The maximum absolute atomic E-state index is 12.5. The van der Waals surface area contributed by atoms with E-state index in [9.17, 15) is 18.0 Å². The summed E-state index contributed by atoms with van der Waals surface area (Å²) in [5, 5.41) is 8.06. The SMILES string of the molecule is O=C(CCc1ccc(C(F)(F)F)cc1)N1CC(n2nccn2)C1. The summed E-state index contributed by atoms with van der Waals surface area (Å²) in [6.45, 7) is 1.14. The molecule has 5 nitrogen and oxygen atoms in total. The van der Waals surface area contributed by atoms with Crippen molar-refractivity contribution in [3.8, 4) is 0 Å². The highest BCUT2D eigenvalue weighted by atomic mass is 19.4. The zero-order valence-electron chi connectivity index (χ0n) is 12.2. The van der Waals surface area contributed by atoms with E-state index in [1.165, 1.54) is 12.1 Å². The number of nitrogens with zero attached hydrogens (tertiary/aromatic N) is 4. The summed E-state index contributed by atoms with van der Waals surface area (Å²) in [7, 11) is 0. The van der Waals surface area contributed by atoms with Crippen LogP contribution in [0.5, 0.6) is 0 Å². The largest absolute Gasteiger partial charge is 0.416 e. The van der Waals surface area contributed by atoms with Gasteiger partial charge in [0.1, 0.15) is 6.04 Å². The minimum absolute atomic E-state index is 0.00620. The monoisotopic (exact) mass is 324 g/mol. The van der Waals surface area contributed by atoms with Crippen molar-refractivity contribution >= 4 is 5.91 Å². The molecule has 0 N–H and O–H groups in total. The van der Waals surface area contributed by atoms with Crippen LogP contribution < -0.4 is 0 Å². The van der Waals surface area contributed by atoms with Crippen LogP contribution >= 0.6 is 0 Å². The van der Waals surface area contributed by atoms with E-state index in [1.54, 1.807) is 22.1 Å². The number of carbonyl (C=O) groups excluding carboxylic acids is 1. The van der Waals surface area contributed by atoms with Gasteiger partial charge in [-0.25, -0.2) is 0 Å². The van der Waals surface area contributed by atoms with E-state index >= 15 is 0 Å². The number of hydrogen-bond acceptors (Lipinski definition) is 3. The number of carbonyl (C=O) groups is 1. The number of halogens is 3. The topological polar surface area (TPSA) is 51.0 Å². The van der Waals surface area contributed by atoms with Crippen molar-refractivity contribution in [2.75, 3.05) is 13.1 Å². The molecule has 0 unspecified atom stereocenters. The molecule has 1 aromatic heterocycles. The van der Waals surface area contributed by atoms with Crippen LogP contribution in [0.1, 0.15) is 23.6 Å². The van der Waals surface area contributed by atoms with E-state index in [0.717, 1.165) is 17.7 Å². The quantitative estimate of drug-likeness (QED) is 0.867. The third-order valence-electron chi connectivity index (χ3n) is 3.89. The van der Waals surface area contributed by atoms with Gasteiger partial charge >= 0.3 is 6.18 Å². The lowest BCUT2D eigenvalue weighted by atomic mass is 10.0. The molecule has 0 aliphatic carbocycles. The standard InChI is InChI=1S/C15H15F3N4O/c16-15(17,18)12-4-1-11(2-5-12)3-6-14(23)21-9-13(10-21)22-19-7-8-20-22/h1-2,4-5,7-8,13H,3,6,9-10H2. The smallest absolute Gasteiger partial charge is 0.338 e. The molecule has 2 heterocycles. The lowest BCUT2D eigenvalue weighted by Gasteiger charge is -2.38. The van der Waals surface area contributed by atoms with E-state index in [0.29, 0.717) is 19.5 Å². The Morgan fingerprint density at radius 1 is 1.13 bits per heavy atom. The molecule has 1 aliphatic heterocycles. The van der Waals surface area contributed by atoms with Crippen molar-refractivity contribution < 1.29 is 18.0 Å². The van der Waals surface area contributed by atoms with Crippen LogP contribution in [0.3, 0.4) is 0 Å². The highest BCUT2D eigenvalue weighted by Gasteiger charge is 2.33. The second-order valence-corrected chi connectivity index (χ2v) is 5.50. The summed E-state index contributed by atoms with van der Waals surface area (Å²) in [5.41, 5.74) is 0.0436. The average molecular weight is 324 g/mol. The van der Waals surface area contributed by atoms with Crippen molar-refractivity contribution in [2.45, 2.75) is 25.1 Å². The van der Waals surface area contributed by atoms with Gasteiger partial charge in [-0.15, -0.1) is 0 Å². The fraction of sp³-hybridized carbons (Fsp3) is 0.400. The fourth-order valence-electron chi connectivity index (χ4n) is 2.49. The number of hydrogen-bond donors (Lipinski definition) is 0. The lowest BCUT2D eigenvalue weighted by molar-refractivity contribution is -0.138. The summed E-state index contributed by atoms with van der Waals surface area (Å²) in [5.74, 6) is -0.00620. The van der Waals surface area contributed by atoms with E-state index in [1.807, 2.05) is 0 Å². The highest BCUT2D eigenvalue weighted by Crippen LogP contribution is 2.29. The molecule has 1 amide bonds. The normalized spacial score (nSPS) is 15.5. The van der Waals surface area contributed by atoms with Crippen LogP contribution in [0.4, 0.5) is 13.2 Å². The summed E-state index contributed by atoms with van der Waals surface area (Å²) >= 11 is 0. The van der Waals surface area contributed by atoms with Gasteiger partial charge < -0.3 is 4.90 Å². The Bertz CT molecular complexity index is 661. The molecule has 8 heteroatoms. The molecule has 0 spiro atoms. The zero-order chi connectivity index (χ0) is 16.4. The predicted molar refractivity (Wildman–Crippen MR) is 75.4 cm³/mol. The molecule has 1 fully saturated rings. The fourth-order valence-corrected chi connectivity index (χ4v) is 2.49. The van der Waals surface area contributed by atoms with Gasteiger partial charge in [0.15, 0.2) is 0 Å². The van der Waals surface area contributed by atoms with Crippen molar-refractivity contribution in [2.24, 2.45) is 0 Å². The molecule has 23 heavy (non-hydrogen) atoms. The number of likely N-dealkylation sites (tertiary alicyclic amines) is 1. The first kappa shape index (κ1) is 15.5. The van der Waals surface area contributed by atoms with Gasteiger partial charge in [0.2, 0.25) is 5.91 Å². The van der Waals surface area contributed by atoms with E-state index < -0.39 is 11.7 Å². The zero-order valence-corrected chi connectivity index (χ0v) is 12.2. The van der Waals surface area contributed by atoms with Gasteiger partial charge in [-0.05, 0) is 24.1 Å². The Morgan fingerprint density at radius 3 is 2.30 bits per heavy atom. The van der Waals surface area contributed by atoms with Gasteiger partial charge in [0.05, 0.1) is 18.0 Å². The maximum Gasteiger partial charge on any atom is 0.416 e. The Hall–Kier alpha value is -2.38. The minimum Gasteiger partial charge on any atom is -0.338 e. The van der Waals surface area contributed by atoms with Crippen LogP contribution in [-0.4, -0.2) is 38.9 Å². The van der Waals surface area contributed by atoms with Crippen LogP contribution in [0, 0.1) is 0 Å². The van der Waals surface area contributed by atoms with Crippen LogP contribution in [0.25, 0.3) is 0 Å². The van der Waals surface area contributed by atoms with Crippen molar-refractivity contribution in [3.05, 3.63) is 47.8 Å². The molecule has 2 aromatic rings. The number of aromatic nitrogens is 3. The van der Waals surface area contributed by atoms with Crippen molar-refractivity contribution in [1.29, 1.82) is 0 Å². The summed E-state index contributed by atoms with van der Waals surface area (Å²) in [4.78, 5) is 15.3. The molecule has 0 atom stereocenters. The van der Waals surface area contributed by atoms with Gasteiger partial charge in [0.25, 0.3) is 0 Å². The highest BCUT2D eigenvalue weighted by molar-refractivity contribution is 5.77. The first-order valence-corrected chi connectivity index (χ1v) is 7.23. The van der Waals surface area contributed by atoms with Gasteiger partial charge in [-0.3, -0.25) is 4.79 Å². The first-order valence-electron chi connectivity index (χ1n) is 7.23. The summed E-state index contributed by atoms with van der Waals surface area (Å²) in [6, 6.07) is 5.04. The minimum atomic E-state index is -4.33. The van der Waals surface area contributed by atoms with E-state index in [2.05, 4.69) is 10.2 Å². The number of benzene rings is 1. The second kappa shape index (κ2) is 6.02. The lowest BCUT2D eigenvalue weighted by Crippen LogP contribution is -2.51. The number of amides is 1. The van der Waals surface area contributed by atoms with Crippen molar-refractivity contribution in [3.63, 3.8) is 0 Å². The Kier molecular flexibility index (Phi) is 4.06. The van der Waals surface area contributed by atoms with Crippen LogP contribution in [0.2, 0.25) is 0 Å². The predicted octanol–water partition coefficient (Wildman–Crippen LogP) is 2.31. The molecule has 122 valence electrons. The molecule has 0 bridgehead atoms. The molecule has 3 rings (SSSR count). The first-order chi connectivity index (χ1) is 10.9. The van der Waals surface area contributed by atoms with Crippen LogP contribution in [-0.2, 0) is 17.4 Å². The van der Waals surface area contributed by atoms with Gasteiger partial charge in [-0.2, -0.15) is 28.2 Å². The van der Waals surface area contributed by atoms with Crippen molar-refractivity contribution in [1.82, 2.24) is 19.9 Å². The van der Waals surface area contributed by atoms with E-state index in [4.69, 9.17) is 0 Å². The molecule has 1 aliphatic rings. The van der Waals surface area contributed by atoms with E-state index in [-0.39, 0.29) is 18.4 Å². The van der Waals surface area contributed by atoms with Gasteiger partial charge in [-0.1, -0.05) is 12.1 Å². The average Bonchev–Trinajstić information content (AvgIpc) is 2.97. The molecule has 0 radical (unpaired) electrons. The number of aryl methyl sites for hydroxylation is 1. The Balaban J connectivity index is 1.47. The Labute approximate surface area is 130 Å². The summed E-state index contributed by atoms with van der Waals surface area (Å²) < 4.78 is 37.4. The van der Waals surface area contributed by atoms with Gasteiger partial charge in [0, 0.05) is 19.5 Å². The Morgan fingerprint density at radius 2 is 1.74 bits per heavy atom. The summed E-state index contributed by atoms with van der Waals surface area (Å²) in [6.07, 6.45) is -0.436. The molecule has 1 aromatic carbocycles. The number of rotatable bonds is 4. The number of alkyl halides is 3. The molecule has 0 saturated carbocycles. The molecule has 1 saturated heterocycles. The third kappa shape index (κ3) is 3.52. The maximum atomic E-state index is 12.5. The third-order valence-corrected chi connectivity index (χ3v) is 3.89. The molecular formula is C15H15F3N4O. The van der Waals surface area contributed by atoms with Crippen LogP contribution in [0.15, 0.2) is 36.7 Å². The molecular weight excluding hydrogens is 309 g/mol.